The van der Waals surface area contributed by atoms with Crippen LogP contribution in [0.4, 0.5) is 4.79 Å². The van der Waals surface area contributed by atoms with Crippen molar-refractivity contribution in [3.05, 3.63) is 47.8 Å². The molecule has 1 aromatic heterocycles. The van der Waals surface area contributed by atoms with Crippen LogP contribution in [0, 0.1) is 5.92 Å². The fourth-order valence-electron chi connectivity index (χ4n) is 5.38. The molecule has 3 fully saturated rings. The lowest BCUT2D eigenvalue weighted by Gasteiger charge is -2.48. The quantitative estimate of drug-likeness (QED) is 0.578. The Hall–Kier alpha value is -2.92. The number of fused-ring (bicyclic) bond motifs is 1. The Morgan fingerprint density at radius 3 is 2.61 bits per heavy atom. The van der Waals surface area contributed by atoms with Crippen LogP contribution < -0.4 is 9.46 Å². The van der Waals surface area contributed by atoms with E-state index in [1.165, 1.54) is 4.90 Å². The van der Waals surface area contributed by atoms with Gasteiger partial charge in [-0.1, -0.05) is 12.1 Å². The normalized spacial score (nSPS) is 25.6. The summed E-state index contributed by atoms with van der Waals surface area (Å²) in [5.41, 5.74) is 1.25. The zero-order valence-corrected chi connectivity index (χ0v) is 21.7. The van der Waals surface area contributed by atoms with Crippen molar-refractivity contribution >= 4 is 22.0 Å². The molecule has 3 amide bonds. The first-order chi connectivity index (χ1) is 17.1. The predicted octanol–water partition coefficient (Wildman–Crippen LogP) is 2.40. The van der Waals surface area contributed by atoms with E-state index >= 15 is 0 Å². The van der Waals surface area contributed by atoms with E-state index in [9.17, 15) is 18.0 Å². The van der Waals surface area contributed by atoms with Crippen molar-refractivity contribution in [3.63, 3.8) is 0 Å². The molecule has 5 rings (SSSR count). The molecule has 1 aliphatic heterocycles. The smallest absolute Gasteiger partial charge is 0.327 e. The third-order valence-electron chi connectivity index (χ3n) is 7.64. The maximum Gasteiger partial charge on any atom is 0.327 e. The number of aryl methyl sites for hydroxylation is 1. The van der Waals surface area contributed by atoms with Gasteiger partial charge in [-0.05, 0) is 56.7 Å². The lowest BCUT2D eigenvalue weighted by molar-refractivity contribution is -0.141. The molecular weight excluding hydrogens is 482 g/mol. The number of rotatable bonds is 8. The summed E-state index contributed by atoms with van der Waals surface area (Å²) in [5, 5.41) is 3.50. The van der Waals surface area contributed by atoms with Crippen LogP contribution in [0.25, 0.3) is 0 Å². The van der Waals surface area contributed by atoms with Gasteiger partial charge in [-0.15, -0.1) is 0 Å². The molecule has 0 bridgehead atoms. The molecule has 2 saturated carbocycles. The maximum atomic E-state index is 13.7. The van der Waals surface area contributed by atoms with Gasteiger partial charge in [0.2, 0.25) is 15.9 Å². The second kappa shape index (κ2) is 9.19. The lowest BCUT2D eigenvalue weighted by Crippen LogP contribution is -2.63. The third-order valence-corrected chi connectivity index (χ3v) is 9.72. The molecule has 194 valence electrons. The Morgan fingerprint density at radius 1 is 1.17 bits per heavy atom. The Bertz CT molecular complexity index is 1270. The lowest BCUT2D eigenvalue weighted by atomic mass is 9.80. The van der Waals surface area contributed by atoms with E-state index in [0.717, 1.165) is 24.0 Å². The molecule has 1 aromatic carbocycles. The molecule has 2 aliphatic carbocycles. The Kier molecular flexibility index (Phi) is 6.32. The van der Waals surface area contributed by atoms with Gasteiger partial charge < -0.3 is 9.64 Å². The van der Waals surface area contributed by atoms with Crippen LogP contribution in [0.15, 0.2) is 36.7 Å². The number of aromatic nitrogens is 2. The molecule has 36 heavy (non-hydrogen) atoms. The summed E-state index contributed by atoms with van der Waals surface area (Å²) in [5.74, 6) is -0.216. The number of hydrogen-bond acceptors (Lipinski definition) is 6. The second-order valence-corrected chi connectivity index (χ2v) is 12.5. The molecule has 2 aromatic rings. The summed E-state index contributed by atoms with van der Waals surface area (Å²) in [7, 11) is -0.212. The van der Waals surface area contributed by atoms with Crippen LogP contribution >= 0.6 is 0 Å². The van der Waals surface area contributed by atoms with Gasteiger partial charge in [-0.2, -0.15) is 5.10 Å². The van der Waals surface area contributed by atoms with Gasteiger partial charge in [-0.25, -0.2) is 17.9 Å². The summed E-state index contributed by atoms with van der Waals surface area (Å²) >= 11 is 0. The first-order valence-electron chi connectivity index (χ1n) is 12.3. The monoisotopic (exact) mass is 515 g/mol. The first-order valence-corrected chi connectivity index (χ1v) is 13.9. The summed E-state index contributed by atoms with van der Waals surface area (Å²) < 4.78 is 36.1. The highest BCUT2D eigenvalue weighted by molar-refractivity contribution is 7.90. The molecule has 0 spiro atoms. The van der Waals surface area contributed by atoms with E-state index in [-0.39, 0.29) is 36.5 Å². The first kappa shape index (κ1) is 24.8. The summed E-state index contributed by atoms with van der Waals surface area (Å²) in [6, 6.07) is 6.78. The Balaban J connectivity index is 1.43. The van der Waals surface area contributed by atoms with Crippen LogP contribution in [0.3, 0.4) is 0 Å². The van der Waals surface area contributed by atoms with E-state index in [4.69, 9.17) is 4.74 Å². The minimum absolute atomic E-state index is 0.0943. The SMILES string of the molecule is COc1cccc(CN2C(=O)N(Cc3cnn(C)c3)C(=O)C3CC(S(=O)(=O)NC4(C)CC4)CCC32)c1. The number of ether oxygens (including phenoxy) is 1. The predicted molar refractivity (Wildman–Crippen MR) is 132 cm³/mol. The van der Waals surface area contributed by atoms with E-state index < -0.39 is 21.2 Å². The number of urea groups is 1. The summed E-state index contributed by atoms with van der Waals surface area (Å²) in [6.07, 6.45) is 6.11. The third kappa shape index (κ3) is 4.86. The number of nitrogens with zero attached hydrogens (tertiary/aromatic N) is 4. The standard InChI is InChI=1S/C25H33N5O5S/c1-25(9-10-25)27-36(33,34)20-7-8-22-21(12-20)23(31)30(16-18-13-26-28(2)14-18)24(32)29(22)15-17-5-4-6-19(11-17)35-3/h4-6,11,13-14,20-22,27H,7-10,12,15-16H2,1-3H3. The molecular formula is C25H33N5O5S. The zero-order valence-electron chi connectivity index (χ0n) is 20.9. The average molecular weight is 516 g/mol. The molecule has 3 atom stereocenters. The van der Waals surface area contributed by atoms with Gasteiger partial charge >= 0.3 is 6.03 Å². The number of benzene rings is 1. The number of nitrogens with one attached hydrogen (secondary N) is 1. The zero-order chi connectivity index (χ0) is 25.7. The number of methoxy groups -OCH3 is 1. The van der Waals surface area contributed by atoms with E-state index in [0.29, 0.717) is 25.1 Å². The molecule has 11 heteroatoms. The molecule has 0 radical (unpaired) electrons. The van der Waals surface area contributed by atoms with Crippen molar-refractivity contribution in [2.45, 2.75) is 68.9 Å². The van der Waals surface area contributed by atoms with Crippen LogP contribution in [-0.4, -0.2) is 63.9 Å². The van der Waals surface area contributed by atoms with E-state index in [1.54, 1.807) is 36.1 Å². The molecule has 10 nitrogen and oxygen atoms in total. The minimum Gasteiger partial charge on any atom is -0.497 e. The van der Waals surface area contributed by atoms with Crippen LogP contribution in [0.5, 0.6) is 5.75 Å². The van der Waals surface area contributed by atoms with Crippen molar-refractivity contribution in [1.82, 2.24) is 24.3 Å². The largest absolute Gasteiger partial charge is 0.497 e. The van der Waals surface area contributed by atoms with E-state index in [1.807, 2.05) is 31.2 Å². The maximum absolute atomic E-state index is 13.7. The van der Waals surface area contributed by atoms with Crippen molar-refractivity contribution < 1.29 is 22.7 Å². The van der Waals surface area contributed by atoms with Crippen LogP contribution in [0.1, 0.15) is 50.2 Å². The molecule has 1 N–H and O–H groups in total. The van der Waals surface area contributed by atoms with Crippen molar-refractivity contribution in [2.24, 2.45) is 13.0 Å². The highest BCUT2D eigenvalue weighted by Gasteiger charge is 2.52. The van der Waals surface area contributed by atoms with Gasteiger partial charge in [0.25, 0.3) is 0 Å². The average Bonchev–Trinajstić information content (AvgIpc) is 3.42. The highest BCUT2D eigenvalue weighted by atomic mass is 32.2. The summed E-state index contributed by atoms with van der Waals surface area (Å²) in [6.45, 7) is 2.31. The van der Waals surface area contributed by atoms with Crippen LogP contribution in [-0.2, 0) is 35.0 Å². The van der Waals surface area contributed by atoms with Gasteiger partial charge in [0, 0.05) is 36.9 Å². The molecule has 3 aliphatic rings. The van der Waals surface area contributed by atoms with Crippen molar-refractivity contribution in [2.75, 3.05) is 7.11 Å². The summed E-state index contributed by atoms with van der Waals surface area (Å²) in [4.78, 5) is 30.3. The van der Waals surface area contributed by atoms with Gasteiger partial charge in [0.1, 0.15) is 5.75 Å². The number of carbonyl (C=O) groups is 2. The van der Waals surface area contributed by atoms with Gasteiger partial charge in [-0.3, -0.25) is 14.4 Å². The molecule has 1 saturated heterocycles. The minimum atomic E-state index is -3.58. The topological polar surface area (TPSA) is 114 Å². The number of amides is 3. The number of carbonyl (C=O) groups excluding carboxylic acids is 2. The Labute approximate surface area is 211 Å². The van der Waals surface area contributed by atoms with E-state index in [2.05, 4.69) is 9.82 Å². The number of imide groups is 1. The van der Waals surface area contributed by atoms with Gasteiger partial charge in [0.05, 0.1) is 31.0 Å². The van der Waals surface area contributed by atoms with Crippen LogP contribution in [0.2, 0.25) is 0 Å². The second-order valence-electron chi connectivity index (χ2n) is 10.5. The molecule has 3 unspecified atom stereocenters. The van der Waals surface area contributed by atoms with Gasteiger partial charge in [0.15, 0.2) is 0 Å². The Morgan fingerprint density at radius 2 is 1.94 bits per heavy atom. The molecule has 2 heterocycles. The highest BCUT2D eigenvalue weighted by Crippen LogP contribution is 2.40. The number of sulfonamides is 1. The van der Waals surface area contributed by atoms with Crippen molar-refractivity contribution in [3.8, 4) is 5.75 Å². The van der Waals surface area contributed by atoms with Crippen molar-refractivity contribution in [1.29, 1.82) is 0 Å². The number of hydrogen-bond donors (Lipinski definition) is 1. The fraction of sp³-hybridized carbons (Fsp3) is 0.560. The fourth-order valence-corrected chi connectivity index (χ4v) is 7.34.